The molecule has 0 aromatic rings. The van der Waals surface area contributed by atoms with Crippen LogP contribution < -0.4 is 0 Å². The van der Waals surface area contributed by atoms with Gasteiger partial charge in [-0.25, -0.2) is 0 Å². The second-order valence-corrected chi connectivity index (χ2v) is 20.8. The smallest absolute Gasteiger partial charge is 0.317 e. The zero-order valence-electron chi connectivity index (χ0n) is 32.8. The lowest BCUT2D eigenvalue weighted by molar-refractivity contribution is -0.152. The summed E-state index contributed by atoms with van der Waals surface area (Å²) in [6.07, 6.45) is 5.83. The molecule has 0 radical (unpaired) electrons. The third-order valence-electron chi connectivity index (χ3n) is 18.3. The van der Waals surface area contributed by atoms with Crippen LogP contribution >= 0.6 is 0 Å². The van der Waals surface area contributed by atoms with Gasteiger partial charge < -0.3 is 14.6 Å². The number of hydrogen-bond donors (Lipinski definition) is 1. The van der Waals surface area contributed by atoms with Gasteiger partial charge in [-0.05, 0) is 137 Å². The molecule has 9 rings (SSSR count). The molecule has 14 atom stereocenters. The fourth-order valence-electron chi connectivity index (χ4n) is 14.8. The van der Waals surface area contributed by atoms with Gasteiger partial charge in [0.05, 0.1) is 16.2 Å². The number of carboxylic acid groups (broad SMARTS) is 1. The third kappa shape index (κ3) is 4.12. The molecule has 0 spiro atoms. The van der Waals surface area contributed by atoms with E-state index in [1.807, 2.05) is 34.6 Å². The van der Waals surface area contributed by atoms with E-state index in [9.17, 15) is 33.9 Å². The first-order chi connectivity index (χ1) is 25.0. The number of aliphatic carboxylic acids is 1. The second kappa shape index (κ2) is 10.6. The Kier molecular flexibility index (Phi) is 7.08. The Morgan fingerprint density at radius 2 is 1.06 bits per heavy atom. The Morgan fingerprint density at radius 3 is 1.54 bits per heavy atom. The molecular weight excluding hydrogens is 684 g/mol. The molecule has 9 aliphatic rings. The number of fused-ring (bicyclic) bond motifs is 9. The van der Waals surface area contributed by atoms with Gasteiger partial charge in [-0.1, -0.05) is 40.9 Å². The van der Waals surface area contributed by atoms with E-state index in [4.69, 9.17) is 9.47 Å². The summed E-state index contributed by atoms with van der Waals surface area (Å²) in [5.74, 6) is -0.954. The van der Waals surface area contributed by atoms with E-state index in [-0.39, 0.29) is 70.0 Å². The van der Waals surface area contributed by atoms with Crippen molar-refractivity contribution in [2.24, 2.45) is 79.8 Å². The predicted molar refractivity (Wildman–Crippen MR) is 196 cm³/mol. The van der Waals surface area contributed by atoms with Crippen LogP contribution in [0.2, 0.25) is 0 Å². The quantitative estimate of drug-likeness (QED) is 0.224. The van der Waals surface area contributed by atoms with Crippen molar-refractivity contribution in [3.05, 3.63) is 47.0 Å². The molecule has 7 saturated carbocycles. The molecule has 9 nitrogen and oxygen atoms in total. The van der Waals surface area contributed by atoms with E-state index < -0.39 is 39.0 Å². The summed E-state index contributed by atoms with van der Waals surface area (Å²) in [6, 6.07) is 0. The SMILES string of the molecule is C=C1C(=O)C(OC(=O)[C@@]2(C)C[C@@H]3C[C@@H]4CC(=O)[C@@H](C)[C@]4(C)[C@H]3C2)=C2C[C@H]3C[C@](C)(C(=O)OC4=C5C[C@H]6C[C@@](C)(C(=O)O)C[C@@H]6[C@]5(C)C(=C)C4=O)C[C@H]3[C@]12C. The van der Waals surface area contributed by atoms with Gasteiger partial charge in [0.2, 0.25) is 11.6 Å². The summed E-state index contributed by atoms with van der Waals surface area (Å²) < 4.78 is 12.3. The molecule has 0 saturated heterocycles. The van der Waals surface area contributed by atoms with E-state index in [2.05, 4.69) is 20.1 Å². The first kappa shape index (κ1) is 36.0. The van der Waals surface area contributed by atoms with Gasteiger partial charge in [-0.15, -0.1) is 0 Å². The molecular formula is C45H54O9. The lowest BCUT2D eigenvalue weighted by Crippen LogP contribution is -2.35. The van der Waals surface area contributed by atoms with Crippen LogP contribution in [-0.2, 0) is 38.2 Å². The summed E-state index contributed by atoms with van der Waals surface area (Å²) in [4.78, 5) is 80.6. The highest BCUT2D eigenvalue weighted by molar-refractivity contribution is 6.14. The molecule has 0 unspecified atom stereocenters. The van der Waals surface area contributed by atoms with Gasteiger partial charge in [0, 0.05) is 34.3 Å². The lowest BCUT2D eigenvalue weighted by Gasteiger charge is -2.36. The number of ether oxygens (including phenoxy) is 2. The first-order valence-corrected chi connectivity index (χ1v) is 20.2. The highest BCUT2D eigenvalue weighted by Gasteiger charge is 2.68. The highest BCUT2D eigenvalue weighted by atomic mass is 16.5. The number of allylic oxidation sites excluding steroid dienone is 4. The monoisotopic (exact) mass is 738 g/mol. The van der Waals surface area contributed by atoms with Crippen molar-refractivity contribution in [3.8, 4) is 0 Å². The van der Waals surface area contributed by atoms with Crippen molar-refractivity contribution in [2.45, 2.75) is 113 Å². The Bertz CT molecular complexity index is 2020. The van der Waals surface area contributed by atoms with Crippen LogP contribution in [-0.4, -0.2) is 40.4 Å². The summed E-state index contributed by atoms with van der Waals surface area (Å²) in [6.45, 7) is 22.2. The molecule has 0 aromatic heterocycles. The van der Waals surface area contributed by atoms with Gasteiger partial charge in [-0.3, -0.25) is 28.8 Å². The molecule has 0 heterocycles. The van der Waals surface area contributed by atoms with Crippen molar-refractivity contribution in [1.82, 2.24) is 0 Å². The summed E-state index contributed by atoms with van der Waals surface area (Å²) >= 11 is 0. The molecule has 54 heavy (non-hydrogen) atoms. The molecule has 0 bridgehead atoms. The zero-order valence-corrected chi connectivity index (χ0v) is 32.8. The van der Waals surface area contributed by atoms with Crippen molar-refractivity contribution in [2.75, 3.05) is 0 Å². The van der Waals surface area contributed by atoms with Gasteiger partial charge in [0.15, 0.2) is 11.5 Å². The molecule has 9 heteroatoms. The number of carboxylic acids is 1. The Labute approximate surface area is 317 Å². The Morgan fingerprint density at radius 1 is 0.630 bits per heavy atom. The largest absolute Gasteiger partial charge is 0.481 e. The molecule has 1 N–H and O–H groups in total. The second-order valence-electron chi connectivity index (χ2n) is 20.8. The summed E-state index contributed by atoms with van der Waals surface area (Å²) in [7, 11) is 0. The number of rotatable bonds is 5. The molecule has 0 aliphatic heterocycles. The molecule has 0 aromatic carbocycles. The zero-order chi connectivity index (χ0) is 39.0. The average molecular weight is 739 g/mol. The van der Waals surface area contributed by atoms with Gasteiger partial charge in [-0.2, -0.15) is 0 Å². The van der Waals surface area contributed by atoms with Crippen LogP contribution in [0.3, 0.4) is 0 Å². The van der Waals surface area contributed by atoms with E-state index in [0.29, 0.717) is 86.6 Å². The fourth-order valence-corrected chi connectivity index (χ4v) is 14.8. The van der Waals surface area contributed by atoms with Gasteiger partial charge >= 0.3 is 17.9 Å². The fraction of sp³-hybridized carbons (Fsp3) is 0.689. The van der Waals surface area contributed by atoms with Crippen molar-refractivity contribution in [1.29, 1.82) is 0 Å². The van der Waals surface area contributed by atoms with E-state index in [0.717, 1.165) is 17.6 Å². The minimum Gasteiger partial charge on any atom is -0.481 e. The minimum absolute atomic E-state index is 0.0163. The van der Waals surface area contributed by atoms with Crippen LogP contribution in [0.1, 0.15) is 113 Å². The maximum absolute atomic E-state index is 14.2. The lowest BCUT2D eigenvalue weighted by atomic mass is 9.67. The first-order valence-electron chi connectivity index (χ1n) is 20.2. The molecule has 7 fully saturated rings. The van der Waals surface area contributed by atoms with E-state index in [1.54, 1.807) is 6.92 Å². The van der Waals surface area contributed by atoms with E-state index in [1.165, 1.54) is 0 Å². The third-order valence-corrected chi connectivity index (χ3v) is 18.3. The maximum atomic E-state index is 14.2. The molecule has 9 aliphatic carbocycles. The molecule has 0 amide bonds. The van der Waals surface area contributed by atoms with Crippen LogP contribution in [0.5, 0.6) is 0 Å². The van der Waals surface area contributed by atoms with Crippen LogP contribution in [0.15, 0.2) is 47.0 Å². The number of Topliss-reactive ketones (excluding diaryl/α,β-unsaturated/α-hetero) is 3. The van der Waals surface area contributed by atoms with Crippen molar-refractivity contribution >= 4 is 35.3 Å². The van der Waals surface area contributed by atoms with E-state index >= 15 is 0 Å². The van der Waals surface area contributed by atoms with Gasteiger partial charge in [0.1, 0.15) is 5.78 Å². The van der Waals surface area contributed by atoms with Crippen LogP contribution in [0.25, 0.3) is 0 Å². The Hall–Kier alpha value is -3.62. The van der Waals surface area contributed by atoms with Crippen LogP contribution in [0.4, 0.5) is 0 Å². The number of esters is 2. The number of hydrogen-bond acceptors (Lipinski definition) is 8. The Balaban J connectivity index is 0.924. The standard InChI is InChI=1S/C45H54O9/c1-20-32(46)13-26-10-23-15-41(5,18-29(23)43(20,26)7)38(51)53-36-28-12-25-16-42(6,19-31(25)45(28,9)22(3)34(36)48)39(52)54-35-27-11-24-14-40(4,37(49)50)17-30(24)44(27,8)21(2)33(35)47/h20,23-26,29-31H,2-3,10-19H2,1,4-9H3,(H,49,50)/t20-,23+,24+,25+,26-,29+,30+,31-,40-,41+,42+,43+,44-,45-/m1/s1. The molecule has 288 valence electrons. The van der Waals surface area contributed by atoms with Gasteiger partial charge in [0.25, 0.3) is 0 Å². The summed E-state index contributed by atoms with van der Waals surface area (Å²) in [5.41, 5.74) is -1.79. The normalized spacial score (nSPS) is 49.8. The van der Waals surface area contributed by atoms with Crippen molar-refractivity contribution < 1.29 is 43.3 Å². The number of ketones is 3. The minimum atomic E-state index is -0.918. The van der Waals surface area contributed by atoms with Crippen LogP contribution in [0, 0.1) is 79.8 Å². The summed E-state index contributed by atoms with van der Waals surface area (Å²) in [5, 5.41) is 9.92. The average Bonchev–Trinajstić information content (AvgIpc) is 3.97. The van der Waals surface area contributed by atoms with Crippen molar-refractivity contribution in [3.63, 3.8) is 0 Å². The number of carbonyl (C=O) groups excluding carboxylic acids is 5. The number of carbonyl (C=O) groups is 6. The predicted octanol–water partition coefficient (Wildman–Crippen LogP) is 7.50. The maximum Gasteiger partial charge on any atom is 0.317 e. The topological polar surface area (TPSA) is 141 Å². The highest BCUT2D eigenvalue weighted by Crippen LogP contribution is 2.71.